The second-order valence-electron chi connectivity index (χ2n) is 5.26. The summed E-state index contributed by atoms with van der Waals surface area (Å²) in [6.45, 7) is 4.80. The minimum Gasteiger partial charge on any atom is -0.370 e. The molecule has 0 bridgehead atoms. The Balaban J connectivity index is 2.08. The molecule has 0 heterocycles. The van der Waals surface area contributed by atoms with Crippen LogP contribution in [0.4, 0.5) is 0 Å². The minimum absolute atomic E-state index is 0.113. The van der Waals surface area contributed by atoms with Gasteiger partial charge in [-0.15, -0.1) is 0 Å². The second-order valence-corrected chi connectivity index (χ2v) is 5.67. The third-order valence-electron chi connectivity index (χ3n) is 3.29. The Morgan fingerprint density at radius 2 is 2.11 bits per heavy atom. The predicted octanol–water partition coefficient (Wildman–Crippen LogP) is 2.68. The summed E-state index contributed by atoms with van der Waals surface area (Å²) in [5.74, 6) is 0.517. The lowest BCUT2D eigenvalue weighted by molar-refractivity contribution is 0.684. The Morgan fingerprint density at radius 3 is 2.67 bits per heavy atom. The van der Waals surface area contributed by atoms with Crippen molar-refractivity contribution in [2.24, 2.45) is 10.7 Å². The normalized spacial score (nSPS) is 17.9. The fourth-order valence-corrected chi connectivity index (χ4v) is 2.47. The van der Waals surface area contributed by atoms with E-state index < -0.39 is 0 Å². The molecule has 4 heteroatoms. The molecule has 98 valence electrons. The summed E-state index contributed by atoms with van der Waals surface area (Å²) in [7, 11) is 0. The quantitative estimate of drug-likeness (QED) is 0.650. The number of hydrogen-bond donors (Lipinski definition) is 2. The first-order valence-electron chi connectivity index (χ1n) is 6.35. The van der Waals surface area contributed by atoms with Crippen molar-refractivity contribution >= 4 is 17.6 Å². The van der Waals surface area contributed by atoms with Crippen LogP contribution in [0.25, 0.3) is 0 Å². The molecule has 0 unspecified atom stereocenters. The fraction of sp³-hybridized carbons (Fsp3) is 0.500. The van der Waals surface area contributed by atoms with Crippen molar-refractivity contribution in [3.05, 3.63) is 34.9 Å². The van der Waals surface area contributed by atoms with E-state index in [1.54, 1.807) is 0 Å². The van der Waals surface area contributed by atoms with E-state index in [1.165, 1.54) is 5.56 Å². The highest BCUT2D eigenvalue weighted by atomic mass is 35.5. The van der Waals surface area contributed by atoms with Gasteiger partial charge in [-0.3, -0.25) is 4.99 Å². The molecule has 3 nitrogen and oxygen atoms in total. The van der Waals surface area contributed by atoms with E-state index in [0.29, 0.717) is 18.5 Å². The number of nitrogens with one attached hydrogen (secondary N) is 1. The number of benzene rings is 1. The maximum Gasteiger partial charge on any atom is 0.188 e. The number of halogens is 1. The molecule has 0 saturated heterocycles. The van der Waals surface area contributed by atoms with Gasteiger partial charge in [-0.1, -0.05) is 29.8 Å². The molecule has 1 fully saturated rings. The number of guanidine groups is 1. The van der Waals surface area contributed by atoms with Crippen LogP contribution >= 0.6 is 11.6 Å². The van der Waals surface area contributed by atoms with Gasteiger partial charge in [-0.2, -0.15) is 0 Å². The van der Waals surface area contributed by atoms with Gasteiger partial charge in [0.05, 0.1) is 6.54 Å². The van der Waals surface area contributed by atoms with Gasteiger partial charge in [0.1, 0.15) is 0 Å². The lowest BCUT2D eigenvalue weighted by atomic mass is 9.96. The van der Waals surface area contributed by atoms with E-state index in [9.17, 15) is 0 Å². The SMILES string of the molecule is CC(C)NC(N)=NCC1(c2ccccc2Cl)CC1. The Kier molecular flexibility index (Phi) is 3.81. The first-order valence-corrected chi connectivity index (χ1v) is 6.73. The average molecular weight is 266 g/mol. The second kappa shape index (κ2) is 5.19. The molecule has 2 rings (SSSR count). The topological polar surface area (TPSA) is 50.4 Å². The van der Waals surface area contributed by atoms with Gasteiger partial charge >= 0.3 is 0 Å². The third kappa shape index (κ3) is 2.96. The molecule has 0 atom stereocenters. The lowest BCUT2D eigenvalue weighted by Crippen LogP contribution is -2.37. The van der Waals surface area contributed by atoms with Crippen LogP contribution < -0.4 is 11.1 Å². The van der Waals surface area contributed by atoms with Crippen LogP contribution in [0.1, 0.15) is 32.3 Å². The van der Waals surface area contributed by atoms with E-state index >= 15 is 0 Å². The highest BCUT2D eigenvalue weighted by Crippen LogP contribution is 2.50. The zero-order valence-corrected chi connectivity index (χ0v) is 11.7. The van der Waals surface area contributed by atoms with E-state index in [1.807, 2.05) is 32.0 Å². The van der Waals surface area contributed by atoms with Crippen LogP contribution in [0.2, 0.25) is 5.02 Å². The summed E-state index contributed by atoms with van der Waals surface area (Å²) >= 11 is 6.25. The molecule has 0 spiro atoms. The molecule has 0 aliphatic heterocycles. The molecule has 1 aromatic rings. The zero-order valence-electron chi connectivity index (χ0n) is 10.9. The molecule has 1 aliphatic carbocycles. The molecule has 1 aromatic carbocycles. The smallest absolute Gasteiger partial charge is 0.188 e. The van der Waals surface area contributed by atoms with Crippen LogP contribution in [-0.2, 0) is 5.41 Å². The number of hydrogen-bond acceptors (Lipinski definition) is 1. The summed E-state index contributed by atoms with van der Waals surface area (Å²) in [6.07, 6.45) is 2.27. The highest BCUT2D eigenvalue weighted by Gasteiger charge is 2.45. The zero-order chi connectivity index (χ0) is 13.2. The van der Waals surface area contributed by atoms with Crippen molar-refractivity contribution < 1.29 is 0 Å². The highest BCUT2D eigenvalue weighted by molar-refractivity contribution is 6.31. The van der Waals surface area contributed by atoms with Crippen molar-refractivity contribution in [1.82, 2.24) is 5.32 Å². The van der Waals surface area contributed by atoms with E-state index in [2.05, 4.69) is 16.4 Å². The van der Waals surface area contributed by atoms with Crippen LogP contribution in [0, 0.1) is 0 Å². The van der Waals surface area contributed by atoms with Crippen LogP contribution in [-0.4, -0.2) is 18.5 Å². The van der Waals surface area contributed by atoms with E-state index in [-0.39, 0.29) is 5.41 Å². The molecule has 0 aromatic heterocycles. The minimum atomic E-state index is 0.113. The van der Waals surface area contributed by atoms with Crippen molar-refractivity contribution in [1.29, 1.82) is 0 Å². The van der Waals surface area contributed by atoms with E-state index in [0.717, 1.165) is 17.9 Å². The predicted molar refractivity (Wildman–Crippen MR) is 77.1 cm³/mol. The number of aliphatic imine (C=N–C) groups is 1. The Labute approximate surface area is 113 Å². The van der Waals surface area contributed by atoms with Crippen LogP contribution in [0.3, 0.4) is 0 Å². The molecule has 1 saturated carbocycles. The van der Waals surface area contributed by atoms with E-state index in [4.69, 9.17) is 17.3 Å². The summed E-state index contributed by atoms with van der Waals surface area (Å²) < 4.78 is 0. The maximum absolute atomic E-state index is 6.25. The number of rotatable bonds is 4. The van der Waals surface area contributed by atoms with Crippen molar-refractivity contribution in [3.8, 4) is 0 Å². The molecule has 0 radical (unpaired) electrons. The summed E-state index contributed by atoms with van der Waals surface area (Å²) in [4.78, 5) is 4.44. The van der Waals surface area contributed by atoms with Crippen LogP contribution in [0.5, 0.6) is 0 Å². The number of nitrogens with two attached hydrogens (primary N) is 1. The third-order valence-corrected chi connectivity index (χ3v) is 3.62. The Bertz CT molecular complexity index is 450. The van der Waals surface area contributed by atoms with Gasteiger partial charge in [0, 0.05) is 16.5 Å². The maximum atomic E-state index is 6.25. The van der Waals surface area contributed by atoms with Crippen molar-refractivity contribution in [2.75, 3.05) is 6.54 Å². The number of nitrogens with zero attached hydrogens (tertiary/aromatic N) is 1. The summed E-state index contributed by atoms with van der Waals surface area (Å²) in [6, 6.07) is 8.33. The first-order chi connectivity index (χ1) is 8.53. The molecule has 1 aliphatic rings. The molecule has 18 heavy (non-hydrogen) atoms. The Morgan fingerprint density at radius 1 is 1.44 bits per heavy atom. The van der Waals surface area contributed by atoms with Gasteiger partial charge in [0.15, 0.2) is 5.96 Å². The van der Waals surface area contributed by atoms with Crippen LogP contribution in [0.15, 0.2) is 29.3 Å². The van der Waals surface area contributed by atoms with Gasteiger partial charge in [-0.05, 0) is 38.3 Å². The summed E-state index contributed by atoms with van der Waals surface area (Å²) in [5.41, 5.74) is 7.15. The molecule has 0 amide bonds. The first kappa shape index (κ1) is 13.2. The van der Waals surface area contributed by atoms with Gasteiger partial charge in [-0.25, -0.2) is 0 Å². The monoisotopic (exact) mass is 265 g/mol. The van der Waals surface area contributed by atoms with Gasteiger partial charge in [0.25, 0.3) is 0 Å². The van der Waals surface area contributed by atoms with Crippen molar-refractivity contribution in [2.45, 2.75) is 38.1 Å². The average Bonchev–Trinajstić information content (AvgIpc) is 3.07. The summed E-state index contributed by atoms with van der Waals surface area (Å²) in [5, 5.41) is 3.94. The van der Waals surface area contributed by atoms with Crippen molar-refractivity contribution in [3.63, 3.8) is 0 Å². The molecular weight excluding hydrogens is 246 g/mol. The van der Waals surface area contributed by atoms with Gasteiger partial charge in [0.2, 0.25) is 0 Å². The largest absolute Gasteiger partial charge is 0.370 e. The molecule has 3 N–H and O–H groups in total. The Hall–Kier alpha value is -1.22. The standard InChI is InChI=1S/C14H20ClN3/c1-10(2)18-13(16)17-9-14(7-8-14)11-5-3-4-6-12(11)15/h3-6,10H,7-9H2,1-2H3,(H3,16,17,18). The van der Waals surface area contributed by atoms with Gasteiger partial charge < -0.3 is 11.1 Å². The molecular formula is C14H20ClN3. The fourth-order valence-electron chi connectivity index (χ4n) is 2.13. The lowest BCUT2D eigenvalue weighted by Gasteiger charge is -2.16.